The third kappa shape index (κ3) is 2.15. The van der Waals surface area contributed by atoms with Gasteiger partial charge in [-0.1, -0.05) is 23.7 Å². The number of aryl methyl sites for hydroxylation is 1. The van der Waals surface area contributed by atoms with Gasteiger partial charge in [-0.25, -0.2) is 4.98 Å². The lowest BCUT2D eigenvalue weighted by atomic mass is 9.98. The highest BCUT2D eigenvalue weighted by Gasteiger charge is 2.13. The van der Waals surface area contributed by atoms with E-state index in [2.05, 4.69) is 11.1 Å². The first kappa shape index (κ1) is 12.4. The molecule has 3 nitrogen and oxygen atoms in total. The molecule has 0 saturated heterocycles. The van der Waals surface area contributed by atoms with Crippen LogP contribution in [0.1, 0.15) is 11.1 Å². The molecular weight excluding hydrogens is 248 g/mol. The smallest absolute Gasteiger partial charge is 0.147 e. The van der Waals surface area contributed by atoms with Crippen molar-refractivity contribution in [3.05, 3.63) is 46.7 Å². The van der Waals surface area contributed by atoms with Crippen molar-refractivity contribution in [2.75, 3.05) is 7.11 Å². The maximum atomic E-state index is 9.19. The van der Waals surface area contributed by atoms with E-state index >= 15 is 0 Å². The Morgan fingerprint density at radius 2 is 1.94 bits per heavy atom. The zero-order chi connectivity index (χ0) is 13.1. The second-order valence-corrected chi connectivity index (χ2v) is 4.18. The molecule has 1 aromatic carbocycles. The summed E-state index contributed by atoms with van der Waals surface area (Å²) in [6.07, 6.45) is 1.67. The van der Waals surface area contributed by atoms with Gasteiger partial charge in [0.05, 0.1) is 12.7 Å². The molecule has 2 aromatic rings. The standard InChI is InChI=1S/C14H11ClN2O/c1-9-8-17-14(15)12(7-16)13(9)10-3-5-11(18-2)6-4-10/h3-6,8H,1-2H3. The maximum absolute atomic E-state index is 9.19. The Morgan fingerprint density at radius 1 is 1.28 bits per heavy atom. The van der Waals surface area contributed by atoms with Crippen LogP contribution in [-0.4, -0.2) is 12.1 Å². The van der Waals surface area contributed by atoms with Gasteiger partial charge in [0, 0.05) is 11.8 Å². The van der Waals surface area contributed by atoms with Crippen molar-refractivity contribution in [1.82, 2.24) is 4.98 Å². The minimum atomic E-state index is 0.230. The molecule has 0 radical (unpaired) electrons. The number of aromatic nitrogens is 1. The summed E-state index contributed by atoms with van der Waals surface area (Å²) in [6.45, 7) is 1.91. The van der Waals surface area contributed by atoms with Crippen LogP contribution in [0.5, 0.6) is 5.75 Å². The second-order valence-electron chi connectivity index (χ2n) is 3.82. The fourth-order valence-corrected chi connectivity index (χ4v) is 2.00. The van der Waals surface area contributed by atoms with Gasteiger partial charge in [0.1, 0.15) is 17.0 Å². The predicted molar refractivity (Wildman–Crippen MR) is 70.7 cm³/mol. The van der Waals surface area contributed by atoms with Crippen molar-refractivity contribution in [2.45, 2.75) is 6.92 Å². The minimum absolute atomic E-state index is 0.230. The summed E-state index contributed by atoms with van der Waals surface area (Å²) in [5.74, 6) is 0.773. The van der Waals surface area contributed by atoms with Crippen molar-refractivity contribution < 1.29 is 4.74 Å². The molecular formula is C14H11ClN2O. The number of hydrogen-bond donors (Lipinski definition) is 0. The number of nitriles is 1. The second kappa shape index (κ2) is 5.07. The predicted octanol–water partition coefficient (Wildman–Crippen LogP) is 3.59. The highest BCUT2D eigenvalue weighted by molar-refractivity contribution is 6.31. The lowest BCUT2D eigenvalue weighted by molar-refractivity contribution is 0.415. The zero-order valence-corrected chi connectivity index (χ0v) is 10.8. The molecule has 0 aliphatic carbocycles. The van der Waals surface area contributed by atoms with Gasteiger partial charge in [0.2, 0.25) is 0 Å². The molecule has 18 heavy (non-hydrogen) atoms. The molecule has 0 aliphatic rings. The molecule has 0 amide bonds. The first-order valence-electron chi connectivity index (χ1n) is 5.37. The molecule has 2 rings (SSSR count). The Labute approximate surface area is 111 Å². The highest BCUT2D eigenvalue weighted by Crippen LogP contribution is 2.31. The highest BCUT2D eigenvalue weighted by atomic mass is 35.5. The lowest BCUT2D eigenvalue weighted by Crippen LogP contribution is -1.93. The number of benzene rings is 1. The van der Waals surface area contributed by atoms with Gasteiger partial charge in [0.25, 0.3) is 0 Å². The molecule has 90 valence electrons. The summed E-state index contributed by atoms with van der Waals surface area (Å²) in [7, 11) is 1.62. The molecule has 4 heteroatoms. The van der Waals surface area contributed by atoms with E-state index in [1.807, 2.05) is 31.2 Å². The number of methoxy groups -OCH3 is 1. The van der Waals surface area contributed by atoms with Crippen LogP contribution in [0.3, 0.4) is 0 Å². The fraction of sp³-hybridized carbons (Fsp3) is 0.143. The molecule has 0 aliphatic heterocycles. The Hall–Kier alpha value is -2.05. The molecule has 0 bridgehead atoms. The van der Waals surface area contributed by atoms with Crippen molar-refractivity contribution in [1.29, 1.82) is 5.26 Å². The van der Waals surface area contributed by atoms with E-state index in [-0.39, 0.29) is 5.15 Å². The van der Waals surface area contributed by atoms with E-state index in [0.29, 0.717) is 5.56 Å². The summed E-state index contributed by atoms with van der Waals surface area (Å²) in [6, 6.07) is 9.61. The van der Waals surface area contributed by atoms with Gasteiger partial charge in [-0.3, -0.25) is 0 Å². The maximum Gasteiger partial charge on any atom is 0.147 e. The number of rotatable bonds is 2. The molecule has 1 heterocycles. The first-order valence-corrected chi connectivity index (χ1v) is 5.74. The van der Waals surface area contributed by atoms with Crippen LogP contribution in [0.25, 0.3) is 11.1 Å². The topological polar surface area (TPSA) is 45.9 Å². The summed E-state index contributed by atoms with van der Waals surface area (Å²) in [4.78, 5) is 3.99. The molecule has 0 unspecified atom stereocenters. The van der Waals surface area contributed by atoms with E-state index in [4.69, 9.17) is 16.3 Å². The minimum Gasteiger partial charge on any atom is -0.497 e. The monoisotopic (exact) mass is 258 g/mol. The molecule has 1 aromatic heterocycles. The Balaban J connectivity index is 2.63. The van der Waals surface area contributed by atoms with Crippen LogP contribution in [0, 0.1) is 18.3 Å². The van der Waals surface area contributed by atoms with Crippen LogP contribution < -0.4 is 4.74 Å². The average Bonchev–Trinajstić information content (AvgIpc) is 2.41. The quantitative estimate of drug-likeness (QED) is 0.774. The van der Waals surface area contributed by atoms with Crippen LogP contribution in [0.15, 0.2) is 30.5 Å². The third-order valence-corrected chi connectivity index (χ3v) is 3.00. The Kier molecular flexibility index (Phi) is 3.50. The SMILES string of the molecule is COc1ccc(-c2c(C)cnc(Cl)c2C#N)cc1. The van der Waals surface area contributed by atoms with E-state index in [0.717, 1.165) is 22.4 Å². The number of halogens is 1. The number of hydrogen-bond acceptors (Lipinski definition) is 3. The first-order chi connectivity index (χ1) is 8.67. The summed E-state index contributed by atoms with van der Waals surface area (Å²) in [5, 5.41) is 9.42. The van der Waals surface area contributed by atoms with E-state index in [1.54, 1.807) is 13.3 Å². The van der Waals surface area contributed by atoms with Crippen LogP contribution >= 0.6 is 11.6 Å². The number of nitrogens with zero attached hydrogens (tertiary/aromatic N) is 2. The van der Waals surface area contributed by atoms with Crippen LogP contribution in [-0.2, 0) is 0 Å². The van der Waals surface area contributed by atoms with Crippen LogP contribution in [0.2, 0.25) is 5.15 Å². The number of pyridine rings is 1. The molecule has 0 fully saturated rings. The van der Waals surface area contributed by atoms with Crippen LogP contribution in [0.4, 0.5) is 0 Å². The van der Waals surface area contributed by atoms with E-state index in [1.165, 1.54) is 0 Å². The van der Waals surface area contributed by atoms with Crippen molar-refractivity contribution in [3.8, 4) is 22.9 Å². The Morgan fingerprint density at radius 3 is 2.50 bits per heavy atom. The largest absolute Gasteiger partial charge is 0.497 e. The van der Waals surface area contributed by atoms with Crippen molar-refractivity contribution in [2.24, 2.45) is 0 Å². The average molecular weight is 259 g/mol. The molecule has 0 saturated carbocycles. The van der Waals surface area contributed by atoms with Crippen molar-refractivity contribution >= 4 is 11.6 Å². The summed E-state index contributed by atoms with van der Waals surface area (Å²) < 4.78 is 5.11. The van der Waals surface area contributed by atoms with Gasteiger partial charge in [-0.15, -0.1) is 0 Å². The summed E-state index contributed by atoms with van der Waals surface area (Å²) in [5.41, 5.74) is 3.07. The lowest BCUT2D eigenvalue weighted by Gasteiger charge is -2.09. The third-order valence-electron chi connectivity index (χ3n) is 2.71. The number of ether oxygens (including phenoxy) is 1. The molecule has 0 atom stereocenters. The van der Waals surface area contributed by atoms with Gasteiger partial charge >= 0.3 is 0 Å². The molecule has 0 spiro atoms. The normalized spacial score (nSPS) is 9.89. The summed E-state index contributed by atoms with van der Waals surface area (Å²) >= 11 is 5.95. The Bertz CT molecular complexity index is 615. The van der Waals surface area contributed by atoms with E-state index in [9.17, 15) is 5.26 Å². The van der Waals surface area contributed by atoms with E-state index < -0.39 is 0 Å². The van der Waals surface area contributed by atoms with Gasteiger partial charge in [0.15, 0.2) is 0 Å². The van der Waals surface area contributed by atoms with Gasteiger partial charge in [-0.05, 0) is 30.2 Å². The van der Waals surface area contributed by atoms with Gasteiger partial charge < -0.3 is 4.74 Å². The fourth-order valence-electron chi connectivity index (χ4n) is 1.81. The molecule has 0 N–H and O–H groups in total. The zero-order valence-electron chi connectivity index (χ0n) is 10.1. The van der Waals surface area contributed by atoms with Crippen molar-refractivity contribution in [3.63, 3.8) is 0 Å². The van der Waals surface area contributed by atoms with Gasteiger partial charge in [-0.2, -0.15) is 5.26 Å².